The van der Waals surface area contributed by atoms with Gasteiger partial charge in [-0.3, -0.25) is 4.79 Å². The topological polar surface area (TPSA) is 101 Å². The number of anilines is 2. The number of benzene rings is 3. The Balaban J connectivity index is 1.44. The molecular weight excluding hydrogens is 440 g/mol. The Bertz CT molecular complexity index is 1310. The second-order valence-corrected chi connectivity index (χ2v) is 8.52. The molecule has 0 saturated heterocycles. The Morgan fingerprint density at radius 2 is 1.71 bits per heavy atom. The Labute approximate surface area is 205 Å². The van der Waals surface area contributed by atoms with E-state index in [1.165, 1.54) is 17.7 Å². The molecule has 0 amide bonds. The molecule has 35 heavy (non-hydrogen) atoms. The Hall–Kier alpha value is -3.81. The van der Waals surface area contributed by atoms with Crippen molar-refractivity contribution >= 4 is 22.3 Å². The molecule has 7 nitrogen and oxygen atoms in total. The molecular formula is C28H32N4O3. The average molecular weight is 473 g/mol. The van der Waals surface area contributed by atoms with Crippen LogP contribution in [0.1, 0.15) is 30.2 Å². The first-order chi connectivity index (χ1) is 17.0. The third-order valence-electron chi connectivity index (χ3n) is 6.33. The Kier molecular flexibility index (Phi) is 7.70. The van der Waals surface area contributed by atoms with Crippen LogP contribution in [-0.2, 0) is 0 Å². The zero-order valence-corrected chi connectivity index (χ0v) is 20.0. The Morgan fingerprint density at radius 3 is 2.40 bits per heavy atom. The van der Waals surface area contributed by atoms with Gasteiger partial charge >= 0.3 is 0 Å². The fraction of sp³-hybridized carbons (Fsp3) is 0.250. The highest BCUT2D eigenvalue weighted by atomic mass is 16.3. The fourth-order valence-corrected chi connectivity index (χ4v) is 4.36. The molecule has 0 fully saturated rings. The van der Waals surface area contributed by atoms with Gasteiger partial charge in [0.05, 0.1) is 11.6 Å². The summed E-state index contributed by atoms with van der Waals surface area (Å²) in [5, 5.41) is 28.6. The summed E-state index contributed by atoms with van der Waals surface area (Å²) in [5.74, 6) is -0.0168. The summed E-state index contributed by atoms with van der Waals surface area (Å²) in [5.41, 5.74) is 3.95. The lowest BCUT2D eigenvalue weighted by atomic mass is 10.0. The van der Waals surface area contributed by atoms with Crippen molar-refractivity contribution in [2.75, 3.05) is 36.9 Å². The van der Waals surface area contributed by atoms with Gasteiger partial charge in [-0.2, -0.15) is 0 Å². The van der Waals surface area contributed by atoms with E-state index in [0.717, 1.165) is 17.9 Å². The van der Waals surface area contributed by atoms with Crippen molar-refractivity contribution in [3.8, 4) is 5.75 Å². The van der Waals surface area contributed by atoms with E-state index in [2.05, 4.69) is 32.7 Å². The number of rotatable bonds is 10. The van der Waals surface area contributed by atoms with Crippen LogP contribution in [0.5, 0.6) is 5.75 Å². The highest BCUT2D eigenvalue weighted by molar-refractivity contribution is 5.87. The number of aromatic hydroxyl groups is 1. The van der Waals surface area contributed by atoms with Crippen LogP contribution >= 0.6 is 0 Å². The SMILES string of the molecule is CCN(C[C@H](O)c1ccc(O)c2[nH]c(=O)ccc12)c1ccc(NC[C@H](NC)c2ccccc2)cc1. The predicted octanol–water partition coefficient (Wildman–Crippen LogP) is 4.17. The number of nitrogens with one attached hydrogen (secondary N) is 3. The third kappa shape index (κ3) is 5.65. The predicted molar refractivity (Wildman–Crippen MR) is 142 cm³/mol. The van der Waals surface area contributed by atoms with Crippen molar-refractivity contribution in [2.24, 2.45) is 0 Å². The first kappa shape index (κ1) is 24.3. The molecule has 0 radical (unpaired) electrons. The minimum atomic E-state index is -0.802. The zero-order valence-electron chi connectivity index (χ0n) is 20.0. The summed E-state index contributed by atoms with van der Waals surface area (Å²) in [6.45, 7) is 3.89. The molecule has 0 aliphatic carbocycles. The van der Waals surface area contributed by atoms with E-state index in [-0.39, 0.29) is 17.4 Å². The van der Waals surface area contributed by atoms with Crippen molar-refractivity contribution in [2.45, 2.75) is 19.1 Å². The molecule has 0 saturated carbocycles. The van der Waals surface area contributed by atoms with Crippen LogP contribution in [0.25, 0.3) is 10.9 Å². The number of aliphatic hydroxyl groups excluding tert-OH is 1. The number of pyridine rings is 1. The standard InChI is InChI=1S/C28H32N4O3/c1-3-32(18-26(34)22-13-15-25(33)28-23(22)14-16-27(35)31-28)21-11-9-20(10-12-21)30-17-24(29-2)19-7-5-4-6-8-19/h4-16,24,26,29-30,33-34H,3,17-18H2,1-2H3,(H,31,35)/t24-,26-/m0/s1. The van der Waals surface area contributed by atoms with E-state index in [1.54, 1.807) is 12.1 Å². The average Bonchev–Trinajstić information content (AvgIpc) is 2.89. The molecule has 182 valence electrons. The monoisotopic (exact) mass is 472 g/mol. The minimum Gasteiger partial charge on any atom is -0.506 e. The van der Waals surface area contributed by atoms with Gasteiger partial charge in [0.1, 0.15) is 5.75 Å². The number of fused-ring (bicyclic) bond motifs is 1. The van der Waals surface area contributed by atoms with Crippen molar-refractivity contribution in [1.82, 2.24) is 10.3 Å². The fourth-order valence-electron chi connectivity index (χ4n) is 4.36. The molecule has 4 rings (SSSR count). The Morgan fingerprint density at radius 1 is 0.971 bits per heavy atom. The zero-order chi connectivity index (χ0) is 24.8. The number of aromatic nitrogens is 1. The molecule has 5 N–H and O–H groups in total. The third-order valence-corrected chi connectivity index (χ3v) is 6.33. The van der Waals surface area contributed by atoms with Crippen LogP contribution in [-0.4, -0.2) is 41.9 Å². The van der Waals surface area contributed by atoms with Gasteiger partial charge in [-0.1, -0.05) is 36.4 Å². The quantitative estimate of drug-likeness (QED) is 0.238. The molecule has 0 aliphatic heterocycles. The summed E-state index contributed by atoms with van der Waals surface area (Å²) in [6, 6.07) is 25.0. The molecule has 3 aromatic carbocycles. The van der Waals surface area contributed by atoms with Gasteiger partial charge < -0.3 is 30.7 Å². The highest BCUT2D eigenvalue weighted by Crippen LogP contribution is 2.30. The van der Waals surface area contributed by atoms with Gasteiger partial charge in [-0.15, -0.1) is 0 Å². The van der Waals surface area contributed by atoms with Gasteiger partial charge in [0.15, 0.2) is 0 Å². The molecule has 2 atom stereocenters. The number of H-pyrrole nitrogens is 1. The lowest BCUT2D eigenvalue weighted by Crippen LogP contribution is -2.28. The van der Waals surface area contributed by atoms with E-state index in [4.69, 9.17) is 0 Å². The van der Waals surface area contributed by atoms with Crippen LogP contribution < -0.4 is 21.1 Å². The molecule has 7 heteroatoms. The highest BCUT2D eigenvalue weighted by Gasteiger charge is 2.17. The van der Waals surface area contributed by atoms with Gasteiger partial charge in [0, 0.05) is 48.5 Å². The van der Waals surface area contributed by atoms with Gasteiger partial charge in [0.25, 0.3) is 0 Å². The van der Waals surface area contributed by atoms with Crippen LogP contribution in [0.3, 0.4) is 0 Å². The molecule has 0 aliphatic rings. The molecule has 4 aromatic rings. The van der Waals surface area contributed by atoms with Crippen molar-refractivity contribution in [3.05, 3.63) is 100 Å². The summed E-state index contributed by atoms with van der Waals surface area (Å²) >= 11 is 0. The molecule has 0 unspecified atom stereocenters. The first-order valence-electron chi connectivity index (χ1n) is 11.8. The van der Waals surface area contributed by atoms with Gasteiger partial charge in [-0.05, 0) is 61.5 Å². The number of hydrogen-bond donors (Lipinski definition) is 5. The number of phenolic OH excluding ortho intramolecular Hbond substituents is 1. The number of likely N-dealkylation sites (N-methyl/N-ethyl adjacent to an activating group) is 2. The largest absolute Gasteiger partial charge is 0.506 e. The van der Waals surface area contributed by atoms with Crippen LogP contribution in [0.15, 0.2) is 83.7 Å². The summed E-state index contributed by atoms with van der Waals surface area (Å²) < 4.78 is 0. The van der Waals surface area contributed by atoms with Crippen LogP contribution in [0.4, 0.5) is 11.4 Å². The lowest BCUT2D eigenvalue weighted by molar-refractivity contribution is 0.185. The first-order valence-corrected chi connectivity index (χ1v) is 11.8. The van der Waals surface area contributed by atoms with Gasteiger partial charge in [0.2, 0.25) is 5.56 Å². The van der Waals surface area contributed by atoms with E-state index >= 15 is 0 Å². The minimum absolute atomic E-state index is 0.0168. The number of aliphatic hydroxyl groups is 1. The van der Waals surface area contributed by atoms with Gasteiger partial charge in [-0.25, -0.2) is 0 Å². The maximum atomic E-state index is 11.7. The van der Waals surface area contributed by atoms with Crippen molar-refractivity contribution < 1.29 is 10.2 Å². The normalized spacial score (nSPS) is 12.9. The molecule has 1 heterocycles. The maximum Gasteiger partial charge on any atom is 0.248 e. The van der Waals surface area contributed by atoms with Crippen molar-refractivity contribution in [3.63, 3.8) is 0 Å². The lowest BCUT2D eigenvalue weighted by Gasteiger charge is -2.27. The molecule has 0 bridgehead atoms. The summed E-state index contributed by atoms with van der Waals surface area (Å²) in [4.78, 5) is 16.4. The van der Waals surface area contributed by atoms with Crippen molar-refractivity contribution in [1.29, 1.82) is 0 Å². The van der Waals surface area contributed by atoms with E-state index < -0.39 is 6.10 Å². The second kappa shape index (κ2) is 11.1. The smallest absolute Gasteiger partial charge is 0.248 e. The second-order valence-electron chi connectivity index (χ2n) is 8.52. The molecule has 1 aromatic heterocycles. The van der Waals surface area contributed by atoms with Crippen LogP contribution in [0, 0.1) is 0 Å². The number of aromatic amines is 1. The number of phenols is 1. The summed E-state index contributed by atoms with van der Waals surface area (Å²) in [7, 11) is 1.96. The van der Waals surface area contributed by atoms with E-state index in [9.17, 15) is 15.0 Å². The van der Waals surface area contributed by atoms with Crippen LogP contribution in [0.2, 0.25) is 0 Å². The van der Waals surface area contributed by atoms with E-state index in [0.29, 0.717) is 29.6 Å². The maximum absolute atomic E-state index is 11.7. The summed E-state index contributed by atoms with van der Waals surface area (Å²) in [6.07, 6.45) is -0.802. The number of nitrogens with zero attached hydrogens (tertiary/aromatic N) is 1. The number of hydrogen-bond acceptors (Lipinski definition) is 6. The van der Waals surface area contributed by atoms with E-state index in [1.807, 2.05) is 56.4 Å². The molecule has 0 spiro atoms.